The van der Waals surface area contributed by atoms with Gasteiger partial charge in [-0.1, -0.05) is 11.6 Å². The van der Waals surface area contributed by atoms with Crippen LogP contribution in [0.1, 0.15) is 16.8 Å². The van der Waals surface area contributed by atoms with Crippen molar-refractivity contribution in [2.45, 2.75) is 20.1 Å². The van der Waals surface area contributed by atoms with Gasteiger partial charge in [0.15, 0.2) is 10.8 Å². The van der Waals surface area contributed by atoms with Crippen LogP contribution in [0.3, 0.4) is 0 Å². The molecule has 3 aromatic heterocycles. The van der Waals surface area contributed by atoms with Gasteiger partial charge in [-0.3, -0.25) is 4.98 Å². The van der Waals surface area contributed by atoms with E-state index in [4.69, 9.17) is 26.8 Å². The van der Waals surface area contributed by atoms with Gasteiger partial charge in [0.1, 0.15) is 17.0 Å². The summed E-state index contributed by atoms with van der Waals surface area (Å²) in [6, 6.07) is 0. The van der Waals surface area contributed by atoms with Crippen molar-refractivity contribution < 1.29 is 9.47 Å². The van der Waals surface area contributed by atoms with Crippen LogP contribution in [-0.2, 0) is 17.9 Å². The van der Waals surface area contributed by atoms with Crippen molar-refractivity contribution in [3.05, 3.63) is 34.5 Å². The first-order valence-corrected chi connectivity index (χ1v) is 7.57. The number of pyridine rings is 1. The lowest BCUT2D eigenvalue weighted by Crippen LogP contribution is -2.08. The van der Waals surface area contributed by atoms with Crippen molar-refractivity contribution in [3.8, 4) is 5.75 Å². The van der Waals surface area contributed by atoms with Crippen LogP contribution in [0.25, 0.3) is 11.2 Å². The molecule has 9 heteroatoms. The second kappa shape index (κ2) is 6.58. The van der Waals surface area contributed by atoms with E-state index in [-0.39, 0.29) is 11.1 Å². The highest BCUT2D eigenvalue weighted by molar-refractivity contribution is 6.33. The van der Waals surface area contributed by atoms with Crippen molar-refractivity contribution >= 4 is 28.7 Å². The van der Waals surface area contributed by atoms with E-state index >= 15 is 0 Å². The third-order valence-corrected chi connectivity index (χ3v) is 3.99. The molecule has 0 aliphatic rings. The number of nitrogen functional groups attached to an aromatic ring is 1. The molecule has 0 atom stereocenters. The smallest absolute Gasteiger partial charge is 0.223 e. The minimum absolute atomic E-state index is 0.0980. The number of nitrogens with two attached hydrogens (primary N) is 1. The molecule has 2 N–H and O–H groups in total. The summed E-state index contributed by atoms with van der Waals surface area (Å²) in [7, 11) is 3.26. The molecular formula is C15H17ClN6O2. The Kier molecular flexibility index (Phi) is 4.50. The second-order valence-corrected chi connectivity index (χ2v) is 5.60. The molecule has 0 aromatic carbocycles. The first-order chi connectivity index (χ1) is 11.5. The highest BCUT2D eigenvalue weighted by Gasteiger charge is 2.16. The quantitative estimate of drug-likeness (QED) is 0.703. The average Bonchev–Trinajstić information content (AvgIpc) is 2.94. The number of hydrogen-bond donors (Lipinski definition) is 1. The third kappa shape index (κ3) is 2.85. The number of halogens is 1. The normalized spacial score (nSPS) is 11.2. The first kappa shape index (κ1) is 16.4. The molecule has 0 amide bonds. The minimum Gasteiger partial charge on any atom is -0.494 e. The molecule has 3 heterocycles. The van der Waals surface area contributed by atoms with Gasteiger partial charge in [0, 0.05) is 24.4 Å². The summed E-state index contributed by atoms with van der Waals surface area (Å²) >= 11 is 6.06. The summed E-state index contributed by atoms with van der Waals surface area (Å²) in [5.41, 5.74) is 9.44. The van der Waals surface area contributed by atoms with Crippen molar-refractivity contribution in [2.75, 3.05) is 20.0 Å². The van der Waals surface area contributed by atoms with Gasteiger partial charge in [-0.05, 0) is 6.92 Å². The summed E-state index contributed by atoms with van der Waals surface area (Å²) in [6.45, 7) is 2.87. The summed E-state index contributed by atoms with van der Waals surface area (Å²) < 4.78 is 12.5. The van der Waals surface area contributed by atoms with Gasteiger partial charge in [0.25, 0.3) is 0 Å². The largest absolute Gasteiger partial charge is 0.494 e. The summed E-state index contributed by atoms with van der Waals surface area (Å²) in [5, 5.41) is 0.225. The Morgan fingerprint density at radius 2 is 2.04 bits per heavy atom. The SMILES string of the molecule is COCc1cnc(Cn2cnc3c(Cl)nc(N)nc32)c(OC)c1C. The maximum absolute atomic E-state index is 6.06. The molecule has 24 heavy (non-hydrogen) atoms. The lowest BCUT2D eigenvalue weighted by Gasteiger charge is -2.14. The molecule has 126 valence electrons. The van der Waals surface area contributed by atoms with Crippen LogP contribution >= 0.6 is 11.6 Å². The van der Waals surface area contributed by atoms with Gasteiger partial charge in [-0.25, -0.2) is 4.98 Å². The van der Waals surface area contributed by atoms with E-state index in [0.717, 1.165) is 16.8 Å². The molecule has 0 spiro atoms. The number of nitrogens with zero attached hydrogens (tertiary/aromatic N) is 5. The second-order valence-electron chi connectivity index (χ2n) is 5.24. The van der Waals surface area contributed by atoms with Crippen LogP contribution < -0.4 is 10.5 Å². The molecule has 0 aliphatic carbocycles. The molecule has 3 aromatic rings. The van der Waals surface area contributed by atoms with Crippen LogP contribution in [0.4, 0.5) is 5.95 Å². The monoisotopic (exact) mass is 348 g/mol. The predicted molar refractivity (Wildman–Crippen MR) is 90.1 cm³/mol. The van der Waals surface area contributed by atoms with Crippen LogP contribution in [-0.4, -0.2) is 38.7 Å². The van der Waals surface area contributed by atoms with E-state index in [1.807, 2.05) is 6.92 Å². The van der Waals surface area contributed by atoms with Gasteiger partial charge in [0.2, 0.25) is 5.95 Å². The van der Waals surface area contributed by atoms with Gasteiger partial charge in [-0.15, -0.1) is 0 Å². The highest BCUT2D eigenvalue weighted by Crippen LogP contribution is 2.27. The van der Waals surface area contributed by atoms with Gasteiger partial charge in [-0.2, -0.15) is 9.97 Å². The zero-order chi connectivity index (χ0) is 17.3. The number of rotatable bonds is 5. The first-order valence-electron chi connectivity index (χ1n) is 7.19. The zero-order valence-corrected chi connectivity index (χ0v) is 14.3. The van der Waals surface area contributed by atoms with Gasteiger partial charge < -0.3 is 19.8 Å². The van der Waals surface area contributed by atoms with E-state index in [1.165, 1.54) is 0 Å². The Hall–Kier alpha value is -2.45. The Balaban J connectivity index is 2.04. The number of fused-ring (bicyclic) bond motifs is 1. The minimum atomic E-state index is 0.0980. The van der Waals surface area contributed by atoms with Crippen LogP contribution in [0.2, 0.25) is 5.15 Å². The Morgan fingerprint density at radius 3 is 2.75 bits per heavy atom. The average molecular weight is 349 g/mol. The van der Waals surface area contributed by atoms with Crippen molar-refractivity contribution in [1.82, 2.24) is 24.5 Å². The number of ether oxygens (including phenoxy) is 2. The lowest BCUT2D eigenvalue weighted by molar-refractivity contribution is 0.183. The van der Waals surface area contributed by atoms with Crippen molar-refractivity contribution in [2.24, 2.45) is 0 Å². The molecule has 0 unspecified atom stereocenters. The summed E-state index contributed by atoms with van der Waals surface area (Å²) in [5.74, 6) is 0.806. The van der Waals surface area contributed by atoms with Crippen LogP contribution in [0, 0.1) is 6.92 Å². The maximum atomic E-state index is 6.06. The maximum Gasteiger partial charge on any atom is 0.223 e. The fraction of sp³-hybridized carbons (Fsp3) is 0.333. The molecular weight excluding hydrogens is 332 g/mol. The molecule has 8 nitrogen and oxygen atoms in total. The highest BCUT2D eigenvalue weighted by atomic mass is 35.5. The fourth-order valence-corrected chi connectivity index (χ4v) is 2.78. The van der Waals surface area contributed by atoms with E-state index in [9.17, 15) is 0 Å². The van der Waals surface area contributed by atoms with E-state index < -0.39 is 0 Å². The third-order valence-electron chi connectivity index (χ3n) is 3.72. The predicted octanol–water partition coefficient (Wildman–Crippen LogP) is 1.97. The summed E-state index contributed by atoms with van der Waals surface area (Å²) in [6.07, 6.45) is 3.41. The molecule has 3 rings (SSSR count). The number of methoxy groups -OCH3 is 2. The Morgan fingerprint density at radius 1 is 1.25 bits per heavy atom. The van der Waals surface area contributed by atoms with Crippen LogP contribution in [0.5, 0.6) is 5.75 Å². The van der Waals surface area contributed by atoms with Crippen LogP contribution in [0.15, 0.2) is 12.5 Å². The molecule has 0 radical (unpaired) electrons. The lowest BCUT2D eigenvalue weighted by atomic mass is 10.1. The van der Waals surface area contributed by atoms with Crippen molar-refractivity contribution in [3.63, 3.8) is 0 Å². The van der Waals surface area contributed by atoms with Crippen molar-refractivity contribution in [1.29, 1.82) is 0 Å². The zero-order valence-electron chi connectivity index (χ0n) is 13.6. The molecule has 0 aliphatic heterocycles. The van der Waals surface area contributed by atoms with Gasteiger partial charge in [0.05, 0.1) is 26.6 Å². The number of hydrogen-bond acceptors (Lipinski definition) is 7. The van der Waals surface area contributed by atoms with E-state index in [0.29, 0.717) is 30.1 Å². The molecule has 0 fully saturated rings. The molecule has 0 saturated heterocycles. The fourth-order valence-electron chi connectivity index (χ4n) is 2.56. The van der Waals surface area contributed by atoms with E-state index in [1.54, 1.807) is 31.3 Å². The standard InChI is InChI=1S/C15H17ClN6O2/c1-8-9(6-23-2)4-18-10(12(8)24-3)5-22-7-19-11-13(16)20-15(17)21-14(11)22/h4,7H,5-6H2,1-3H3,(H2,17,20,21). The number of anilines is 1. The molecule has 0 bridgehead atoms. The Labute approximate surface area is 143 Å². The topological polar surface area (TPSA) is 101 Å². The number of aromatic nitrogens is 5. The number of imidazole rings is 1. The van der Waals surface area contributed by atoms with Gasteiger partial charge >= 0.3 is 0 Å². The summed E-state index contributed by atoms with van der Waals surface area (Å²) in [4.78, 5) is 16.9. The van der Waals surface area contributed by atoms with E-state index in [2.05, 4.69) is 19.9 Å². The Bertz CT molecular complexity index is 895. The molecule has 0 saturated carbocycles.